The number of hydrogen-bond donors (Lipinski definition) is 1. The second-order valence-corrected chi connectivity index (χ2v) is 4.71. The van der Waals surface area contributed by atoms with Gasteiger partial charge in [0.2, 0.25) is 0 Å². The van der Waals surface area contributed by atoms with Crippen molar-refractivity contribution < 1.29 is 4.79 Å². The molecule has 0 fully saturated rings. The van der Waals surface area contributed by atoms with Gasteiger partial charge in [-0.3, -0.25) is 9.78 Å². The van der Waals surface area contributed by atoms with Crippen LogP contribution in [0.1, 0.15) is 15.4 Å². The van der Waals surface area contributed by atoms with E-state index in [0.717, 1.165) is 4.88 Å². The number of aromatic nitrogens is 2. The molecule has 4 nitrogen and oxygen atoms in total. The molecule has 0 aliphatic carbocycles. The Morgan fingerprint density at radius 3 is 3.00 bits per heavy atom. The zero-order chi connectivity index (χ0) is 10.7. The third kappa shape index (κ3) is 2.47. The monoisotopic (exact) mass is 239 g/mol. The van der Waals surface area contributed by atoms with Gasteiger partial charge < -0.3 is 5.73 Å². The highest BCUT2D eigenvalue weighted by molar-refractivity contribution is 7.09. The SMILES string of the molecule is NC(Cc1cncs1)C(=O)c1cscn1. The first kappa shape index (κ1) is 10.4. The van der Waals surface area contributed by atoms with Gasteiger partial charge >= 0.3 is 0 Å². The fraction of sp³-hybridized carbons (Fsp3) is 0.222. The third-order valence-corrected chi connectivity index (χ3v) is 3.31. The van der Waals surface area contributed by atoms with Crippen molar-refractivity contribution in [3.8, 4) is 0 Å². The Labute approximate surface area is 94.8 Å². The molecule has 0 radical (unpaired) electrons. The lowest BCUT2D eigenvalue weighted by molar-refractivity contribution is 0.0957. The van der Waals surface area contributed by atoms with Crippen LogP contribution in [0.3, 0.4) is 0 Å². The molecule has 78 valence electrons. The van der Waals surface area contributed by atoms with Gasteiger partial charge in [0.15, 0.2) is 5.78 Å². The summed E-state index contributed by atoms with van der Waals surface area (Å²) in [5.41, 5.74) is 9.61. The predicted octanol–water partition coefficient (Wildman–Crippen LogP) is 1.35. The van der Waals surface area contributed by atoms with Crippen molar-refractivity contribution >= 4 is 28.5 Å². The molecule has 0 saturated carbocycles. The summed E-state index contributed by atoms with van der Waals surface area (Å²) in [6, 6.07) is -0.521. The number of Topliss-reactive ketones (excluding diaryl/α,β-unsaturated/α-hetero) is 1. The van der Waals surface area contributed by atoms with Crippen LogP contribution in [-0.2, 0) is 6.42 Å². The molecule has 0 spiro atoms. The van der Waals surface area contributed by atoms with Crippen molar-refractivity contribution in [1.29, 1.82) is 0 Å². The molecule has 0 bridgehead atoms. The molecular weight excluding hydrogens is 230 g/mol. The van der Waals surface area contributed by atoms with Gasteiger partial charge in [-0.1, -0.05) is 0 Å². The highest BCUT2D eigenvalue weighted by Gasteiger charge is 2.18. The Bertz CT molecular complexity index is 424. The summed E-state index contributed by atoms with van der Waals surface area (Å²) >= 11 is 2.90. The van der Waals surface area contributed by atoms with E-state index >= 15 is 0 Å². The molecule has 6 heteroatoms. The Morgan fingerprint density at radius 2 is 2.40 bits per heavy atom. The molecule has 15 heavy (non-hydrogen) atoms. The van der Waals surface area contributed by atoms with Gasteiger partial charge in [0.25, 0.3) is 0 Å². The van der Waals surface area contributed by atoms with Crippen LogP contribution in [0, 0.1) is 0 Å². The van der Waals surface area contributed by atoms with E-state index in [1.54, 1.807) is 22.6 Å². The molecule has 0 aliphatic heterocycles. The maximum absolute atomic E-state index is 11.7. The summed E-state index contributed by atoms with van der Waals surface area (Å²) in [6.07, 6.45) is 2.26. The highest BCUT2D eigenvalue weighted by Crippen LogP contribution is 2.11. The molecule has 0 aromatic carbocycles. The van der Waals surface area contributed by atoms with Crippen molar-refractivity contribution in [2.24, 2.45) is 5.73 Å². The van der Waals surface area contributed by atoms with E-state index in [1.807, 2.05) is 0 Å². The second-order valence-electron chi connectivity index (χ2n) is 3.02. The number of rotatable bonds is 4. The largest absolute Gasteiger partial charge is 0.321 e. The first-order valence-corrected chi connectivity index (χ1v) is 6.15. The van der Waals surface area contributed by atoms with E-state index in [9.17, 15) is 4.79 Å². The van der Waals surface area contributed by atoms with E-state index < -0.39 is 6.04 Å². The summed E-state index contributed by atoms with van der Waals surface area (Å²) in [4.78, 5) is 20.6. The van der Waals surface area contributed by atoms with Crippen LogP contribution in [0.25, 0.3) is 0 Å². The molecule has 1 atom stereocenters. The highest BCUT2D eigenvalue weighted by atomic mass is 32.1. The Kier molecular flexibility index (Phi) is 3.20. The molecule has 0 saturated heterocycles. The molecule has 2 N–H and O–H groups in total. The minimum absolute atomic E-state index is 0.107. The maximum Gasteiger partial charge on any atom is 0.199 e. The number of hydrogen-bond acceptors (Lipinski definition) is 6. The average molecular weight is 239 g/mol. The van der Waals surface area contributed by atoms with E-state index in [-0.39, 0.29) is 5.78 Å². The zero-order valence-electron chi connectivity index (χ0n) is 7.79. The molecule has 2 rings (SSSR count). The van der Waals surface area contributed by atoms with Crippen LogP contribution in [0.5, 0.6) is 0 Å². The summed E-state index contributed by atoms with van der Waals surface area (Å²) in [6.45, 7) is 0. The third-order valence-electron chi connectivity index (χ3n) is 1.93. The van der Waals surface area contributed by atoms with Gasteiger partial charge in [-0.05, 0) is 0 Å². The number of thiazole rings is 2. The van der Waals surface area contributed by atoms with Crippen molar-refractivity contribution in [2.45, 2.75) is 12.5 Å². The van der Waals surface area contributed by atoms with Gasteiger partial charge in [-0.2, -0.15) is 0 Å². The fourth-order valence-electron chi connectivity index (χ4n) is 1.18. The molecule has 2 aromatic rings. The molecule has 0 aliphatic rings. The van der Waals surface area contributed by atoms with E-state index in [1.165, 1.54) is 22.7 Å². The Morgan fingerprint density at radius 1 is 1.53 bits per heavy atom. The summed E-state index contributed by atoms with van der Waals surface area (Å²) in [5.74, 6) is -0.107. The van der Waals surface area contributed by atoms with Crippen LogP contribution < -0.4 is 5.73 Å². The number of nitrogens with zero attached hydrogens (tertiary/aromatic N) is 2. The molecular formula is C9H9N3OS2. The zero-order valence-corrected chi connectivity index (χ0v) is 9.42. The lowest BCUT2D eigenvalue weighted by atomic mass is 10.1. The first-order chi connectivity index (χ1) is 7.27. The molecule has 1 unspecified atom stereocenters. The van der Waals surface area contributed by atoms with Crippen molar-refractivity contribution in [3.05, 3.63) is 33.2 Å². The lowest BCUT2D eigenvalue weighted by Crippen LogP contribution is -2.32. The maximum atomic E-state index is 11.7. The second kappa shape index (κ2) is 4.61. The van der Waals surface area contributed by atoms with E-state index in [4.69, 9.17) is 5.73 Å². The van der Waals surface area contributed by atoms with Gasteiger partial charge in [0, 0.05) is 22.9 Å². The quantitative estimate of drug-likeness (QED) is 0.818. The first-order valence-electron chi connectivity index (χ1n) is 4.32. The minimum atomic E-state index is -0.521. The van der Waals surface area contributed by atoms with E-state index in [0.29, 0.717) is 12.1 Å². The van der Waals surface area contributed by atoms with Crippen LogP contribution in [0.2, 0.25) is 0 Å². The summed E-state index contributed by atoms with van der Waals surface area (Å²) in [5, 5.41) is 1.72. The normalized spacial score (nSPS) is 12.6. The van der Waals surface area contributed by atoms with Gasteiger partial charge in [-0.15, -0.1) is 22.7 Å². The van der Waals surface area contributed by atoms with Crippen LogP contribution in [-0.4, -0.2) is 21.8 Å². The Balaban J connectivity index is 2.03. The smallest absolute Gasteiger partial charge is 0.199 e. The standard InChI is InChI=1S/C9H9N3OS2/c10-7(1-6-2-11-4-15-6)9(13)8-3-14-5-12-8/h2-5,7H,1,10H2. The van der Waals surface area contributed by atoms with E-state index in [2.05, 4.69) is 9.97 Å². The van der Waals surface area contributed by atoms with Crippen molar-refractivity contribution in [2.75, 3.05) is 0 Å². The summed E-state index contributed by atoms with van der Waals surface area (Å²) < 4.78 is 0. The lowest BCUT2D eigenvalue weighted by Gasteiger charge is -2.06. The van der Waals surface area contributed by atoms with Crippen LogP contribution in [0.4, 0.5) is 0 Å². The fourth-order valence-corrected chi connectivity index (χ4v) is 2.37. The Hall–Kier alpha value is -1.11. The molecule has 0 amide bonds. The van der Waals surface area contributed by atoms with Crippen LogP contribution >= 0.6 is 22.7 Å². The topological polar surface area (TPSA) is 68.9 Å². The number of carbonyl (C=O) groups excluding carboxylic acids is 1. The van der Waals surface area contributed by atoms with Gasteiger partial charge in [0.05, 0.1) is 17.1 Å². The van der Waals surface area contributed by atoms with Gasteiger partial charge in [-0.25, -0.2) is 4.98 Å². The number of ketones is 1. The number of carbonyl (C=O) groups is 1. The van der Waals surface area contributed by atoms with Crippen molar-refractivity contribution in [3.63, 3.8) is 0 Å². The molecule has 2 heterocycles. The average Bonchev–Trinajstić information content (AvgIpc) is 2.88. The minimum Gasteiger partial charge on any atom is -0.321 e. The number of nitrogens with two attached hydrogens (primary N) is 1. The van der Waals surface area contributed by atoms with Crippen molar-refractivity contribution in [1.82, 2.24) is 9.97 Å². The molecule has 2 aromatic heterocycles. The van der Waals surface area contributed by atoms with Gasteiger partial charge in [0.1, 0.15) is 5.69 Å². The van der Waals surface area contributed by atoms with Crippen LogP contribution in [0.15, 0.2) is 22.6 Å². The predicted molar refractivity (Wildman–Crippen MR) is 60.2 cm³/mol. The summed E-state index contributed by atoms with van der Waals surface area (Å²) in [7, 11) is 0.